The highest BCUT2D eigenvalue weighted by Crippen LogP contribution is 2.20. The van der Waals surface area contributed by atoms with Crippen LogP contribution < -0.4 is 10.2 Å². The van der Waals surface area contributed by atoms with Gasteiger partial charge in [-0.3, -0.25) is 14.7 Å². The molecule has 0 atom stereocenters. The number of piperazine rings is 2. The maximum absolute atomic E-state index is 11.4. The molecule has 2 aliphatic rings. The van der Waals surface area contributed by atoms with Crippen LogP contribution in [-0.4, -0.2) is 98.6 Å². The third-order valence-corrected chi connectivity index (χ3v) is 5.82. The molecule has 1 amide bonds. The zero-order valence-electron chi connectivity index (χ0n) is 17.6. The lowest BCUT2D eigenvalue weighted by molar-refractivity contribution is -0.130. The van der Waals surface area contributed by atoms with Crippen LogP contribution in [0.3, 0.4) is 0 Å². The van der Waals surface area contributed by atoms with Crippen LogP contribution in [0.5, 0.6) is 0 Å². The van der Waals surface area contributed by atoms with Crippen molar-refractivity contribution in [3.63, 3.8) is 0 Å². The summed E-state index contributed by atoms with van der Waals surface area (Å²) < 4.78 is 0. The highest BCUT2D eigenvalue weighted by Gasteiger charge is 2.21. The number of hydrogen-bond donors (Lipinski definition) is 1. The van der Waals surface area contributed by atoms with E-state index in [9.17, 15) is 4.79 Å². The molecule has 0 bridgehead atoms. The highest BCUT2D eigenvalue weighted by atomic mass is 35.5. The number of hydrogen-bond acceptors (Lipinski definition) is 4. The van der Waals surface area contributed by atoms with Crippen LogP contribution in [0.25, 0.3) is 0 Å². The van der Waals surface area contributed by atoms with E-state index < -0.39 is 0 Å². The summed E-state index contributed by atoms with van der Waals surface area (Å²) in [7, 11) is 0. The first-order chi connectivity index (χ1) is 14.1. The molecule has 8 heteroatoms. The third kappa shape index (κ3) is 6.24. The second-order valence-electron chi connectivity index (χ2n) is 7.54. The number of rotatable bonds is 5. The monoisotopic (exact) mass is 420 g/mol. The summed E-state index contributed by atoms with van der Waals surface area (Å²) >= 11 is 6.14. The average Bonchev–Trinajstić information content (AvgIpc) is 2.74. The number of nitrogens with zero attached hydrogens (tertiary/aromatic N) is 5. The molecule has 0 unspecified atom stereocenters. The Hall–Kier alpha value is -1.99. The van der Waals surface area contributed by atoms with Gasteiger partial charge < -0.3 is 20.0 Å². The van der Waals surface area contributed by atoms with Gasteiger partial charge in [0.05, 0.1) is 6.54 Å². The average molecular weight is 421 g/mol. The Labute approximate surface area is 179 Å². The highest BCUT2D eigenvalue weighted by molar-refractivity contribution is 6.30. The first kappa shape index (κ1) is 21.7. The lowest BCUT2D eigenvalue weighted by atomic mass is 10.2. The van der Waals surface area contributed by atoms with Crippen molar-refractivity contribution in [2.45, 2.75) is 13.8 Å². The Morgan fingerprint density at radius 2 is 1.76 bits per heavy atom. The summed E-state index contributed by atoms with van der Waals surface area (Å²) in [5.74, 6) is 1.18. The molecule has 0 aliphatic carbocycles. The van der Waals surface area contributed by atoms with Crippen LogP contribution >= 0.6 is 11.6 Å². The van der Waals surface area contributed by atoms with Crippen molar-refractivity contribution in [2.24, 2.45) is 4.99 Å². The minimum absolute atomic E-state index is 0.175. The molecule has 1 aromatic rings. The van der Waals surface area contributed by atoms with Crippen molar-refractivity contribution >= 4 is 29.2 Å². The lowest BCUT2D eigenvalue weighted by Gasteiger charge is -2.38. The molecular formula is C21H33ClN6O. The van der Waals surface area contributed by atoms with Crippen molar-refractivity contribution in [3.8, 4) is 0 Å². The molecule has 0 spiro atoms. The van der Waals surface area contributed by atoms with E-state index in [1.807, 2.05) is 23.1 Å². The Balaban J connectivity index is 1.48. The van der Waals surface area contributed by atoms with E-state index >= 15 is 0 Å². The van der Waals surface area contributed by atoms with Gasteiger partial charge in [0.15, 0.2) is 5.96 Å². The molecule has 1 aromatic carbocycles. The van der Waals surface area contributed by atoms with E-state index in [1.165, 1.54) is 5.69 Å². The van der Waals surface area contributed by atoms with Crippen LogP contribution in [0, 0.1) is 0 Å². The van der Waals surface area contributed by atoms with Crippen LogP contribution in [0.1, 0.15) is 13.8 Å². The maximum Gasteiger partial charge on any atom is 0.219 e. The first-order valence-corrected chi connectivity index (χ1v) is 11.0. The van der Waals surface area contributed by atoms with Crippen LogP contribution in [0.4, 0.5) is 5.69 Å². The van der Waals surface area contributed by atoms with Gasteiger partial charge in [0.2, 0.25) is 5.91 Å². The molecule has 1 N–H and O–H groups in total. The maximum atomic E-state index is 11.4. The van der Waals surface area contributed by atoms with Crippen molar-refractivity contribution in [3.05, 3.63) is 29.3 Å². The Bertz CT molecular complexity index is 696. The molecule has 0 radical (unpaired) electrons. The SMILES string of the molecule is CCNC(=NCCN1CCN(C(C)=O)CC1)N1CCN(c2cccc(Cl)c2)CC1. The van der Waals surface area contributed by atoms with E-state index in [4.69, 9.17) is 16.6 Å². The molecule has 160 valence electrons. The summed E-state index contributed by atoms with van der Waals surface area (Å²) in [6.07, 6.45) is 0. The predicted octanol–water partition coefficient (Wildman–Crippen LogP) is 1.59. The largest absolute Gasteiger partial charge is 0.368 e. The molecule has 0 aromatic heterocycles. The van der Waals surface area contributed by atoms with Gasteiger partial charge in [0, 0.05) is 83.1 Å². The zero-order chi connectivity index (χ0) is 20.6. The van der Waals surface area contributed by atoms with Gasteiger partial charge in [0.1, 0.15) is 0 Å². The fraction of sp³-hybridized carbons (Fsp3) is 0.619. The van der Waals surface area contributed by atoms with Gasteiger partial charge in [-0.05, 0) is 25.1 Å². The predicted molar refractivity (Wildman–Crippen MR) is 120 cm³/mol. The number of nitrogens with one attached hydrogen (secondary N) is 1. The minimum atomic E-state index is 0.175. The first-order valence-electron chi connectivity index (χ1n) is 10.6. The number of amides is 1. The van der Waals surface area contributed by atoms with E-state index in [0.717, 1.165) is 83.0 Å². The quantitative estimate of drug-likeness (QED) is 0.579. The van der Waals surface area contributed by atoms with Gasteiger partial charge >= 0.3 is 0 Å². The molecule has 2 heterocycles. The number of benzene rings is 1. The van der Waals surface area contributed by atoms with Crippen molar-refractivity contribution in [1.29, 1.82) is 0 Å². The second-order valence-corrected chi connectivity index (χ2v) is 7.97. The standard InChI is InChI=1S/C21H33ClN6O/c1-3-23-21(24-7-8-25-9-11-26(12-10-25)18(2)29)28-15-13-27(14-16-28)20-6-4-5-19(22)17-20/h4-6,17H,3,7-16H2,1-2H3,(H,23,24). The molecule has 3 rings (SSSR count). The zero-order valence-corrected chi connectivity index (χ0v) is 18.4. The number of halogens is 1. The lowest BCUT2D eigenvalue weighted by Crippen LogP contribution is -2.53. The molecule has 2 fully saturated rings. The number of guanidine groups is 1. The molecule has 2 saturated heterocycles. The summed E-state index contributed by atoms with van der Waals surface area (Å²) in [6.45, 7) is 13.6. The molecule has 2 aliphatic heterocycles. The number of carbonyl (C=O) groups is 1. The van der Waals surface area contributed by atoms with Gasteiger partial charge in [-0.15, -0.1) is 0 Å². The Kier molecular flexibility index (Phi) is 8.00. The summed E-state index contributed by atoms with van der Waals surface area (Å²) in [5.41, 5.74) is 1.18. The fourth-order valence-corrected chi connectivity index (χ4v) is 4.04. The number of carbonyl (C=O) groups excluding carboxylic acids is 1. The van der Waals surface area contributed by atoms with Crippen molar-refractivity contribution in [1.82, 2.24) is 20.0 Å². The summed E-state index contributed by atoms with van der Waals surface area (Å²) in [5, 5.41) is 4.22. The summed E-state index contributed by atoms with van der Waals surface area (Å²) in [4.78, 5) is 25.3. The molecule has 29 heavy (non-hydrogen) atoms. The Morgan fingerprint density at radius 1 is 1.07 bits per heavy atom. The normalized spacial score (nSPS) is 18.9. The number of aliphatic imine (C=N–C) groups is 1. The van der Waals surface area contributed by atoms with E-state index in [2.05, 4.69) is 33.0 Å². The molecule has 7 nitrogen and oxygen atoms in total. The van der Waals surface area contributed by atoms with Gasteiger partial charge in [-0.1, -0.05) is 17.7 Å². The van der Waals surface area contributed by atoms with Gasteiger partial charge in [0.25, 0.3) is 0 Å². The van der Waals surface area contributed by atoms with E-state index in [1.54, 1.807) is 6.92 Å². The Morgan fingerprint density at radius 3 is 2.38 bits per heavy atom. The van der Waals surface area contributed by atoms with Crippen molar-refractivity contribution < 1.29 is 4.79 Å². The molecular weight excluding hydrogens is 388 g/mol. The second kappa shape index (κ2) is 10.7. The summed E-state index contributed by atoms with van der Waals surface area (Å²) in [6, 6.07) is 8.07. The van der Waals surface area contributed by atoms with E-state index in [0.29, 0.717) is 0 Å². The van der Waals surface area contributed by atoms with Crippen LogP contribution in [0.15, 0.2) is 29.3 Å². The third-order valence-electron chi connectivity index (χ3n) is 5.58. The van der Waals surface area contributed by atoms with Crippen molar-refractivity contribution in [2.75, 3.05) is 76.9 Å². The van der Waals surface area contributed by atoms with Crippen LogP contribution in [-0.2, 0) is 4.79 Å². The fourth-order valence-electron chi connectivity index (χ4n) is 3.86. The smallest absolute Gasteiger partial charge is 0.219 e. The molecule has 0 saturated carbocycles. The minimum Gasteiger partial charge on any atom is -0.368 e. The topological polar surface area (TPSA) is 54.4 Å². The van der Waals surface area contributed by atoms with Gasteiger partial charge in [-0.25, -0.2) is 0 Å². The van der Waals surface area contributed by atoms with Crippen LogP contribution in [0.2, 0.25) is 5.02 Å². The van der Waals surface area contributed by atoms with Gasteiger partial charge in [-0.2, -0.15) is 0 Å². The number of anilines is 1. The van der Waals surface area contributed by atoms with E-state index in [-0.39, 0.29) is 5.91 Å².